The molecule has 0 saturated carbocycles. The van der Waals surface area contributed by atoms with Crippen LogP contribution in [0.4, 0.5) is 5.69 Å². The summed E-state index contributed by atoms with van der Waals surface area (Å²) >= 11 is 0. The van der Waals surface area contributed by atoms with Gasteiger partial charge < -0.3 is 5.21 Å². The molecule has 0 fully saturated rings. The van der Waals surface area contributed by atoms with Gasteiger partial charge in [-0.1, -0.05) is 29.4 Å². The normalized spacial score (nSPS) is 11.3. The van der Waals surface area contributed by atoms with Gasteiger partial charge in [0, 0.05) is 12.1 Å². The molecule has 0 atom stereocenters. The number of benzene rings is 2. The molecule has 0 aliphatic heterocycles. The number of nitro benzene ring substituents is 1. The van der Waals surface area contributed by atoms with Crippen molar-refractivity contribution in [3.05, 3.63) is 64.2 Å². The van der Waals surface area contributed by atoms with Crippen molar-refractivity contribution < 1.29 is 10.1 Å². The standard InChI is InChI=1S/C14H12N2O3/c1-10(15-17)11-2-4-12(5-3-11)13-6-8-14(9-7-13)16(18)19/h2-9,17H,1H3/b15-10+. The molecular weight excluding hydrogens is 244 g/mol. The molecule has 5 nitrogen and oxygen atoms in total. The summed E-state index contributed by atoms with van der Waals surface area (Å²) in [5.41, 5.74) is 3.28. The molecule has 5 heteroatoms. The van der Waals surface area contributed by atoms with E-state index in [-0.39, 0.29) is 5.69 Å². The molecule has 0 amide bonds. The van der Waals surface area contributed by atoms with E-state index in [1.54, 1.807) is 19.1 Å². The number of hydrogen-bond donors (Lipinski definition) is 1. The van der Waals surface area contributed by atoms with Crippen LogP contribution in [0.15, 0.2) is 53.7 Å². The SMILES string of the molecule is C/C(=N\O)c1ccc(-c2ccc([N+](=O)[O-])cc2)cc1. The van der Waals surface area contributed by atoms with Crippen molar-refractivity contribution in [3.63, 3.8) is 0 Å². The maximum Gasteiger partial charge on any atom is 0.269 e. The van der Waals surface area contributed by atoms with Gasteiger partial charge >= 0.3 is 0 Å². The van der Waals surface area contributed by atoms with Crippen molar-refractivity contribution in [2.24, 2.45) is 5.16 Å². The van der Waals surface area contributed by atoms with Crippen LogP contribution in [0.3, 0.4) is 0 Å². The van der Waals surface area contributed by atoms with Crippen LogP contribution in [0.2, 0.25) is 0 Å². The number of nitrogens with zero attached hydrogens (tertiary/aromatic N) is 2. The lowest BCUT2D eigenvalue weighted by Crippen LogP contribution is -1.93. The lowest BCUT2D eigenvalue weighted by molar-refractivity contribution is -0.384. The summed E-state index contributed by atoms with van der Waals surface area (Å²) in [7, 11) is 0. The van der Waals surface area contributed by atoms with Crippen LogP contribution in [0, 0.1) is 10.1 Å². The summed E-state index contributed by atoms with van der Waals surface area (Å²) in [5.74, 6) is 0. The van der Waals surface area contributed by atoms with E-state index in [1.165, 1.54) is 12.1 Å². The predicted molar refractivity (Wildman–Crippen MR) is 72.5 cm³/mol. The third kappa shape index (κ3) is 2.77. The lowest BCUT2D eigenvalue weighted by atomic mass is 10.0. The van der Waals surface area contributed by atoms with Crippen molar-refractivity contribution in [2.45, 2.75) is 6.92 Å². The van der Waals surface area contributed by atoms with E-state index in [1.807, 2.05) is 24.3 Å². The van der Waals surface area contributed by atoms with Gasteiger partial charge in [-0.2, -0.15) is 0 Å². The molecule has 0 saturated heterocycles. The largest absolute Gasteiger partial charge is 0.411 e. The van der Waals surface area contributed by atoms with E-state index in [9.17, 15) is 10.1 Å². The summed E-state index contributed by atoms with van der Waals surface area (Å²) in [4.78, 5) is 10.1. The first-order valence-electron chi connectivity index (χ1n) is 5.66. The van der Waals surface area contributed by atoms with Crippen LogP contribution < -0.4 is 0 Å². The third-order valence-electron chi connectivity index (χ3n) is 2.86. The van der Waals surface area contributed by atoms with Gasteiger partial charge in [-0.25, -0.2) is 0 Å². The summed E-state index contributed by atoms with van der Waals surface area (Å²) in [5, 5.41) is 22.4. The molecule has 2 aromatic rings. The van der Waals surface area contributed by atoms with Crippen LogP contribution in [0.5, 0.6) is 0 Å². The highest BCUT2D eigenvalue weighted by molar-refractivity contribution is 5.98. The van der Waals surface area contributed by atoms with Gasteiger partial charge in [0.1, 0.15) is 0 Å². The van der Waals surface area contributed by atoms with Gasteiger partial charge in [0.05, 0.1) is 10.6 Å². The Morgan fingerprint density at radius 3 is 1.95 bits per heavy atom. The molecule has 0 bridgehead atoms. The molecule has 19 heavy (non-hydrogen) atoms. The van der Waals surface area contributed by atoms with Gasteiger partial charge in [-0.15, -0.1) is 0 Å². The Balaban J connectivity index is 2.29. The maximum atomic E-state index is 10.6. The van der Waals surface area contributed by atoms with Gasteiger partial charge in [0.2, 0.25) is 0 Å². The van der Waals surface area contributed by atoms with Crippen LogP contribution in [-0.4, -0.2) is 15.8 Å². The van der Waals surface area contributed by atoms with E-state index < -0.39 is 4.92 Å². The van der Waals surface area contributed by atoms with E-state index in [2.05, 4.69) is 5.16 Å². The predicted octanol–water partition coefficient (Wildman–Crippen LogP) is 3.46. The summed E-state index contributed by atoms with van der Waals surface area (Å²) < 4.78 is 0. The Labute approximate surface area is 110 Å². The number of oxime groups is 1. The first kappa shape index (κ1) is 12.8. The van der Waals surface area contributed by atoms with E-state index in [0.29, 0.717) is 5.71 Å². The molecule has 2 rings (SSSR count). The van der Waals surface area contributed by atoms with Gasteiger partial charge in [0.25, 0.3) is 5.69 Å². The quantitative estimate of drug-likeness (QED) is 0.395. The summed E-state index contributed by atoms with van der Waals surface area (Å²) in [6.45, 7) is 1.71. The van der Waals surface area contributed by atoms with E-state index in [4.69, 9.17) is 5.21 Å². The highest BCUT2D eigenvalue weighted by Gasteiger charge is 2.05. The zero-order valence-electron chi connectivity index (χ0n) is 10.3. The third-order valence-corrected chi connectivity index (χ3v) is 2.86. The van der Waals surface area contributed by atoms with Crippen LogP contribution in [0.25, 0.3) is 11.1 Å². The fourth-order valence-electron chi connectivity index (χ4n) is 1.74. The van der Waals surface area contributed by atoms with E-state index in [0.717, 1.165) is 16.7 Å². The van der Waals surface area contributed by atoms with Crippen molar-refractivity contribution in [1.82, 2.24) is 0 Å². The van der Waals surface area contributed by atoms with Crippen molar-refractivity contribution in [3.8, 4) is 11.1 Å². The topological polar surface area (TPSA) is 75.7 Å². The molecular formula is C14H12N2O3. The van der Waals surface area contributed by atoms with Crippen molar-refractivity contribution in [1.29, 1.82) is 0 Å². The van der Waals surface area contributed by atoms with Gasteiger partial charge in [-0.3, -0.25) is 10.1 Å². The minimum atomic E-state index is -0.423. The fraction of sp³-hybridized carbons (Fsp3) is 0.0714. The number of non-ortho nitro benzene ring substituents is 1. The molecule has 0 radical (unpaired) electrons. The minimum Gasteiger partial charge on any atom is -0.411 e. The van der Waals surface area contributed by atoms with E-state index >= 15 is 0 Å². The Bertz CT molecular complexity index is 616. The highest BCUT2D eigenvalue weighted by Crippen LogP contribution is 2.22. The minimum absolute atomic E-state index is 0.0728. The Hall–Kier alpha value is -2.69. The summed E-state index contributed by atoms with van der Waals surface area (Å²) in [6, 6.07) is 13.8. The first-order chi connectivity index (χ1) is 9.11. The molecule has 0 spiro atoms. The number of nitro groups is 1. The van der Waals surface area contributed by atoms with Crippen LogP contribution in [0.1, 0.15) is 12.5 Å². The molecule has 0 aliphatic rings. The fourth-order valence-corrected chi connectivity index (χ4v) is 1.74. The number of hydrogen-bond acceptors (Lipinski definition) is 4. The monoisotopic (exact) mass is 256 g/mol. The summed E-state index contributed by atoms with van der Waals surface area (Å²) in [6.07, 6.45) is 0. The second-order valence-electron chi connectivity index (χ2n) is 4.07. The molecule has 0 unspecified atom stereocenters. The molecule has 2 aromatic carbocycles. The average Bonchev–Trinajstić information content (AvgIpc) is 2.46. The molecule has 0 aromatic heterocycles. The molecule has 0 aliphatic carbocycles. The van der Waals surface area contributed by atoms with Crippen LogP contribution in [-0.2, 0) is 0 Å². The molecule has 1 N–H and O–H groups in total. The smallest absolute Gasteiger partial charge is 0.269 e. The highest BCUT2D eigenvalue weighted by atomic mass is 16.6. The zero-order chi connectivity index (χ0) is 13.8. The second kappa shape index (κ2) is 5.30. The van der Waals surface area contributed by atoms with Gasteiger partial charge in [0.15, 0.2) is 0 Å². The average molecular weight is 256 g/mol. The zero-order valence-corrected chi connectivity index (χ0v) is 10.3. The Morgan fingerprint density at radius 2 is 1.53 bits per heavy atom. The molecule has 0 heterocycles. The Kier molecular flexibility index (Phi) is 3.56. The Morgan fingerprint density at radius 1 is 1.05 bits per heavy atom. The maximum absolute atomic E-state index is 10.6. The number of rotatable bonds is 3. The first-order valence-corrected chi connectivity index (χ1v) is 5.66. The van der Waals surface area contributed by atoms with Crippen LogP contribution >= 0.6 is 0 Å². The van der Waals surface area contributed by atoms with Crippen molar-refractivity contribution >= 4 is 11.4 Å². The second-order valence-corrected chi connectivity index (χ2v) is 4.07. The lowest BCUT2D eigenvalue weighted by Gasteiger charge is -2.03. The molecule has 96 valence electrons. The van der Waals surface area contributed by atoms with Gasteiger partial charge in [-0.05, 0) is 35.7 Å². The van der Waals surface area contributed by atoms with Crippen molar-refractivity contribution in [2.75, 3.05) is 0 Å².